The van der Waals surface area contributed by atoms with Crippen molar-refractivity contribution in [2.24, 2.45) is 0 Å². The maximum atomic E-state index is 13.4. The summed E-state index contributed by atoms with van der Waals surface area (Å²) in [6.07, 6.45) is 0.779. The van der Waals surface area contributed by atoms with E-state index in [9.17, 15) is 9.18 Å². The summed E-state index contributed by atoms with van der Waals surface area (Å²) in [6.45, 7) is 4.69. The number of thiophene rings is 1. The number of nitrogens with one attached hydrogen (secondary N) is 2. The molecular formula is C15H17FN2OS. The molecule has 2 N–H and O–H groups in total. The smallest absolute Gasteiger partial charge is 0.319 e. The Bertz CT molecular complexity index is 610. The Morgan fingerprint density at radius 1 is 1.30 bits per heavy atom. The predicted molar refractivity (Wildman–Crippen MR) is 80.9 cm³/mol. The van der Waals surface area contributed by atoms with Crippen LogP contribution < -0.4 is 10.6 Å². The van der Waals surface area contributed by atoms with Gasteiger partial charge in [0.2, 0.25) is 0 Å². The van der Waals surface area contributed by atoms with Gasteiger partial charge in [0.15, 0.2) is 0 Å². The zero-order valence-electron chi connectivity index (χ0n) is 11.5. The molecule has 0 saturated carbocycles. The predicted octanol–water partition coefficient (Wildman–Crippen LogP) is 3.87. The molecule has 0 fully saturated rings. The van der Waals surface area contributed by atoms with Crippen molar-refractivity contribution in [1.29, 1.82) is 0 Å². The van der Waals surface area contributed by atoms with Crippen molar-refractivity contribution in [2.45, 2.75) is 20.3 Å². The summed E-state index contributed by atoms with van der Waals surface area (Å²) in [4.78, 5) is 13.0. The van der Waals surface area contributed by atoms with E-state index in [2.05, 4.69) is 29.9 Å². The summed E-state index contributed by atoms with van der Waals surface area (Å²) in [5.74, 6) is -0.438. The fourth-order valence-electron chi connectivity index (χ4n) is 1.85. The fraction of sp³-hybridized carbons (Fsp3) is 0.267. The summed E-state index contributed by atoms with van der Waals surface area (Å²) < 4.78 is 13.4. The molecule has 0 bridgehead atoms. The zero-order valence-corrected chi connectivity index (χ0v) is 12.3. The van der Waals surface area contributed by atoms with Crippen molar-refractivity contribution in [3.63, 3.8) is 0 Å². The number of carbonyl (C=O) groups is 1. The molecule has 106 valence electrons. The first kappa shape index (κ1) is 14.5. The minimum atomic E-state index is -0.438. The highest BCUT2D eigenvalue weighted by molar-refractivity contribution is 7.10. The molecule has 0 spiro atoms. The van der Waals surface area contributed by atoms with Crippen LogP contribution in [0, 0.1) is 19.7 Å². The molecule has 0 radical (unpaired) electrons. The van der Waals surface area contributed by atoms with Crippen LogP contribution in [0.2, 0.25) is 0 Å². The third-order valence-electron chi connectivity index (χ3n) is 3.19. The molecule has 0 unspecified atom stereocenters. The van der Waals surface area contributed by atoms with Crippen LogP contribution >= 0.6 is 11.3 Å². The highest BCUT2D eigenvalue weighted by atomic mass is 32.1. The largest absolute Gasteiger partial charge is 0.338 e. The molecule has 1 aromatic carbocycles. The SMILES string of the molecule is Cc1scc(CCNC(=O)Nc2ccccc2F)c1C. The highest BCUT2D eigenvalue weighted by Crippen LogP contribution is 2.20. The Labute approximate surface area is 121 Å². The van der Waals surface area contributed by atoms with Crippen LogP contribution in [0.3, 0.4) is 0 Å². The van der Waals surface area contributed by atoms with Gasteiger partial charge in [-0.15, -0.1) is 11.3 Å². The normalized spacial score (nSPS) is 10.3. The minimum Gasteiger partial charge on any atom is -0.338 e. The van der Waals surface area contributed by atoms with Crippen LogP contribution in [0.5, 0.6) is 0 Å². The molecule has 2 amide bonds. The van der Waals surface area contributed by atoms with E-state index in [-0.39, 0.29) is 11.7 Å². The van der Waals surface area contributed by atoms with Crippen molar-refractivity contribution in [2.75, 3.05) is 11.9 Å². The number of urea groups is 1. The van der Waals surface area contributed by atoms with E-state index >= 15 is 0 Å². The molecule has 2 aromatic rings. The second-order valence-electron chi connectivity index (χ2n) is 4.55. The van der Waals surface area contributed by atoms with Gasteiger partial charge in [0.25, 0.3) is 0 Å². The molecule has 0 atom stereocenters. The third kappa shape index (κ3) is 3.57. The number of anilines is 1. The molecule has 0 aliphatic heterocycles. The van der Waals surface area contributed by atoms with E-state index in [1.807, 2.05) is 0 Å². The second-order valence-corrected chi connectivity index (χ2v) is 5.64. The van der Waals surface area contributed by atoms with E-state index in [1.54, 1.807) is 23.5 Å². The lowest BCUT2D eigenvalue weighted by atomic mass is 10.1. The van der Waals surface area contributed by atoms with Gasteiger partial charge in [-0.1, -0.05) is 12.1 Å². The number of halogens is 1. The molecule has 2 rings (SSSR count). The Kier molecular flexibility index (Phi) is 4.74. The third-order valence-corrected chi connectivity index (χ3v) is 4.25. The van der Waals surface area contributed by atoms with Crippen LogP contribution in [0.15, 0.2) is 29.6 Å². The molecule has 1 aromatic heterocycles. The lowest BCUT2D eigenvalue weighted by Crippen LogP contribution is -2.30. The van der Waals surface area contributed by atoms with Gasteiger partial charge in [0, 0.05) is 11.4 Å². The first-order chi connectivity index (χ1) is 9.58. The van der Waals surface area contributed by atoms with Crippen LogP contribution in [0.4, 0.5) is 14.9 Å². The molecule has 0 aliphatic carbocycles. The van der Waals surface area contributed by atoms with Crippen LogP contribution in [-0.2, 0) is 6.42 Å². The number of hydrogen-bond donors (Lipinski definition) is 2. The molecular weight excluding hydrogens is 275 g/mol. The van der Waals surface area contributed by atoms with Gasteiger partial charge in [-0.25, -0.2) is 9.18 Å². The number of rotatable bonds is 4. The van der Waals surface area contributed by atoms with Crippen molar-refractivity contribution < 1.29 is 9.18 Å². The maximum absolute atomic E-state index is 13.4. The van der Waals surface area contributed by atoms with E-state index in [0.717, 1.165) is 6.42 Å². The van der Waals surface area contributed by atoms with Crippen LogP contribution in [-0.4, -0.2) is 12.6 Å². The van der Waals surface area contributed by atoms with Crippen molar-refractivity contribution in [3.05, 3.63) is 51.5 Å². The van der Waals surface area contributed by atoms with E-state index in [0.29, 0.717) is 6.54 Å². The van der Waals surface area contributed by atoms with Gasteiger partial charge < -0.3 is 10.6 Å². The van der Waals surface area contributed by atoms with Crippen LogP contribution in [0.25, 0.3) is 0 Å². The highest BCUT2D eigenvalue weighted by Gasteiger charge is 2.07. The quantitative estimate of drug-likeness (QED) is 0.882. The molecule has 3 nitrogen and oxygen atoms in total. The first-order valence-corrected chi connectivity index (χ1v) is 7.29. The topological polar surface area (TPSA) is 41.1 Å². The summed E-state index contributed by atoms with van der Waals surface area (Å²) in [7, 11) is 0. The number of hydrogen-bond acceptors (Lipinski definition) is 2. The Hall–Kier alpha value is -1.88. The summed E-state index contributed by atoms with van der Waals surface area (Å²) in [5.41, 5.74) is 2.72. The van der Waals surface area contributed by atoms with Gasteiger partial charge >= 0.3 is 6.03 Å². The molecule has 5 heteroatoms. The molecule has 1 heterocycles. The number of amides is 2. The van der Waals surface area contributed by atoms with Gasteiger partial charge in [0.05, 0.1) is 5.69 Å². The van der Waals surface area contributed by atoms with Gasteiger partial charge in [0.1, 0.15) is 5.82 Å². The number of benzene rings is 1. The zero-order chi connectivity index (χ0) is 14.5. The van der Waals surface area contributed by atoms with Crippen molar-refractivity contribution in [1.82, 2.24) is 5.32 Å². The standard InChI is InChI=1S/C15H17FN2OS/c1-10-11(2)20-9-12(10)7-8-17-15(19)18-14-6-4-3-5-13(14)16/h3-6,9H,7-8H2,1-2H3,(H2,17,18,19). The molecule has 20 heavy (non-hydrogen) atoms. The fourth-order valence-corrected chi connectivity index (χ4v) is 2.77. The Morgan fingerprint density at radius 2 is 2.05 bits per heavy atom. The molecule has 0 aliphatic rings. The summed E-state index contributed by atoms with van der Waals surface area (Å²) in [5, 5.41) is 7.34. The number of carbonyl (C=O) groups excluding carboxylic acids is 1. The number of para-hydroxylation sites is 1. The Morgan fingerprint density at radius 3 is 2.70 bits per heavy atom. The van der Waals surface area contributed by atoms with Gasteiger partial charge in [-0.05, 0) is 48.9 Å². The lowest BCUT2D eigenvalue weighted by molar-refractivity contribution is 0.252. The maximum Gasteiger partial charge on any atom is 0.319 e. The van der Waals surface area contributed by atoms with E-state index in [1.165, 1.54) is 28.1 Å². The molecule has 0 saturated heterocycles. The second kappa shape index (κ2) is 6.52. The van der Waals surface area contributed by atoms with Gasteiger partial charge in [-0.2, -0.15) is 0 Å². The summed E-state index contributed by atoms with van der Waals surface area (Å²) >= 11 is 1.72. The van der Waals surface area contributed by atoms with E-state index in [4.69, 9.17) is 0 Å². The Balaban J connectivity index is 1.81. The van der Waals surface area contributed by atoms with Crippen molar-refractivity contribution >= 4 is 23.1 Å². The van der Waals surface area contributed by atoms with Crippen molar-refractivity contribution in [3.8, 4) is 0 Å². The number of aryl methyl sites for hydroxylation is 1. The minimum absolute atomic E-state index is 0.188. The van der Waals surface area contributed by atoms with E-state index < -0.39 is 5.82 Å². The summed E-state index contributed by atoms with van der Waals surface area (Å²) in [6, 6.07) is 5.71. The monoisotopic (exact) mass is 292 g/mol. The average Bonchev–Trinajstić information content (AvgIpc) is 2.73. The lowest BCUT2D eigenvalue weighted by Gasteiger charge is -2.08. The van der Waals surface area contributed by atoms with Crippen LogP contribution in [0.1, 0.15) is 16.0 Å². The first-order valence-electron chi connectivity index (χ1n) is 6.41. The van der Waals surface area contributed by atoms with Gasteiger partial charge in [-0.3, -0.25) is 0 Å². The average molecular weight is 292 g/mol.